The van der Waals surface area contributed by atoms with Gasteiger partial charge in [-0.05, 0) is 37.5 Å². The second kappa shape index (κ2) is 7.28. The Balaban J connectivity index is 2.97. The van der Waals surface area contributed by atoms with Crippen LogP contribution in [0.2, 0.25) is 0 Å². The van der Waals surface area contributed by atoms with Gasteiger partial charge in [0.15, 0.2) is 0 Å². The molecule has 106 valence electrons. The molecule has 0 aromatic heterocycles. The third-order valence-electron chi connectivity index (χ3n) is 3.27. The van der Waals surface area contributed by atoms with Gasteiger partial charge < -0.3 is 15.4 Å². The number of carbonyl (C=O) groups is 1. The minimum Gasteiger partial charge on any atom is -0.465 e. The summed E-state index contributed by atoms with van der Waals surface area (Å²) in [6.45, 7) is 2.15. The van der Waals surface area contributed by atoms with Gasteiger partial charge in [-0.3, -0.25) is 0 Å². The topological polar surface area (TPSA) is 55.6 Å². The Morgan fingerprint density at radius 3 is 2.79 bits per heavy atom. The highest BCUT2D eigenvalue weighted by atomic mass is 32.2. The Labute approximate surface area is 119 Å². The summed E-state index contributed by atoms with van der Waals surface area (Å²) in [5.41, 5.74) is 7.85. The average molecular weight is 282 g/mol. The Morgan fingerprint density at radius 2 is 2.21 bits per heavy atom. The second-order valence-corrected chi connectivity index (χ2v) is 5.46. The van der Waals surface area contributed by atoms with Gasteiger partial charge in [0.25, 0.3) is 0 Å². The van der Waals surface area contributed by atoms with Crippen molar-refractivity contribution in [2.45, 2.75) is 19.4 Å². The first-order valence-corrected chi connectivity index (χ1v) is 7.60. The van der Waals surface area contributed by atoms with Gasteiger partial charge in [0.2, 0.25) is 0 Å². The van der Waals surface area contributed by atoms with Crippen molar-refractivity contribution < 1.29 is 9.53 Å². The maximum Gasteiger partial charge on any atom is 0.340 e. The van der Waals surface area contributed by atoms with Crippen molar-refractivity contribution in [1.82, 2.24) is 0 Å². The molecule has 4 nitrogen and oxygen atoms in total. The van der Waals surface area contributed by atoms with E-state index >= 15 is 0 Å². The molecule has 0 heterocycles. The molecule has 0 aliphatic rings. The number of thioether (sulfide) groups is 1. The summed E-state index contributed by atoms with van der Waals surface area (Å²) < 4.78 is 4.74. The van der Waals surface area contributed by atoms with Crippen molar-refractivity contribution in [3.05, 3.63) is 23.8 Å². The van der Waals surface area contributed by atoms with E-state index in [0.717, 1.165) is 17.9 Å². The molecule has 0 aliphatic heterocycles. The Morgan fingerprint density at radius 1 is 1.53 bits per heavy atom. The smallest absolute Gasteiger partial charge is 0.340 e. The highest BCUT2D eigenvalue weighted by Gasteiger charge is 2.17. The van der Waals surface area contributed by atoms with Crippen molar-refractivity contribution >= 4 is 29.1 Å². The fourth-order valence-electron chi connectivity index (χ4n) is 1.87. The molecule has 0 radical (unpaired) electrons. The molecular weight excluding hydrogens is 260 g/mol. The van der Waals surface area contributed by atoms with Crippen LogP contribution in [0.5, 0.6) is 0 Å². The van der Waals surface area contributed by atoms with Crippen molar-refractivity contribution in [2.24, 2.45) is 0 Å². The molecule has 0 bridgehead atoms. The van der Waals surface area contributed by atoms with Gasteiger partial charge in [-0.1, -0.05) is 6.07 Å². The normalized spacial score (nSPS) is 12.0. The average Bonchev–Trinajstić information content (AvgIpc) is 2.43. The molecule has 1 aromatic rings. The van der Waals surface area contributed by atoms with E-state index in [2.05, 4.69) is 18.1 Å². The zero-order valence-corrected chi connectivity index (χ0v) is 12.8. The number of nitrogens with zero attached hydrogens (tertiary/aromatic N) is 1. The first-order chi connectivity index (χ1) is 9.02. The molecule has 1 rings (SSSR count). The third-order valence-corrected chi connectivity index (χ3v) is 3.91. The lowest BCUT2D eigenvalue weighted by Crippen LogP contribution is -2.30. The molecule has 0 amide bonds. The highest BCUT2D eigenvalue weighted by molar-refractivity contribution is 7.98. The molecule has 0 fully saturated rings. The molecular formula is C14H22N2O2S. The number of esters is 1. The molecule has 0 saturated heterocycles. The summed E-state index contributed by atoms with van der Waals surface area (Å²) in [6, 6.07) is 5.81. The maximum atomic E-state index is 11.6. The lowest BCUT2D eigenvalue weighted by molar-refractivity contribution is 0.0602. The molecule has 5 heteroatoms. The third kappa shape index (κ3) is 3.80. The standard InChI is InChI=1S/C14H22N2O2S/c1-10(8-9-19-4)16(2)12-7-5-6-11(13(12)15)14(17)18-3/h5-7,10H,8-9,15H2,1-4H3. The number of para-hydroxylation sites is 1. The first kappa shape index (κ1) is 15.7. The maximum absolute atomic E-state index is 11.6. The van der Waals surface area contributed by atoms with E-state index in [9.17, 15) is 4.79 Å². The van der Waals surface area contributed by atoms with Gasteiger partial charge >= 0.3 is 5.97 Å². The van der Waals surface area contributed by atoms with E-state index in [1.54, 1.807) is 6.07 Å². The summed E-state index contributed by atoms with van der Waals surface area (Å²) in [7, 11) is 3.36. The number of ether oxygens (including phenoxy) is 1. The number of nitrogens with two attached hydrogens (primary N) is 1. The molecule has 0 aliphatic carbocycles. The Bertz CT molecular complexity index is 437. The van der Waals surface area contributed by atoms with Gasteiger partial charge in [-0.2, -0.15) is 11.8 Å². The van der Waals surface area contributed by atoms with E-state index in [4.69, 9.17) is 10.5 Å². The predicted octanol–water partition coefficient (Wildman–Crippen LogP) is 2.63. The van der Waals surface area contributed by atoms with E-state index in [1.807, 2.05) is 30.9 Å². The van der Waals surface area contributed by atoms with Crippen LogP contribution in [-0.4, -0.2) is 38.2 Å². The summed E-state index contributed by atoms with van der Waals surface area (Å²) in [5, 5.41) is 0. The second-order valence-electron chi connectivity index (χ2n) is 4.47. The number of benzene rings is 1. The molecule has 2 N–H and O–H groups in total. The molecule has 0 saturated carbocycles. The SMILES string of the molecule is COC(=O)c1cccc(N(C)C(C)CCSC)c1N. The first-order valence-electron chi connectivity index (χ1n) is 6.21. The van der Waals surface area contributed by atoms with Crippen LogP contribution >= 0.6 is 11.8 Å². The quantitative estimate of drug-likeness (QED) is 0.642. The fraction of sp³-hybridized carbons (Fsp3) is 0.500. The van der Waals surface area contributed by atoms with E-state index in [1.165, 1.54) is 7.11 Å². The Kier molecular flexibility index (Phi) is 6.02. The number of methoxy groups -OCH3 is 1. The summed E-state index contributed by atoms with van der Waals surface area (Å²) in [6.07, 6.45) is 3.17. The molecule has 1 aromatic carbocycles. The Hall–Kier alpha value is -1.36. The van der Waals surface area contributed by atoms with Crippen LogP contribution in [0.25, 0.3) is 0 Å². The van der Waals surface area contributed by atoms with Crippen LogP contribution < -0.4 is 10.6 Å². The predicted molar refractivity (Wildman–Crippen MR) is 83.1 cm³/mol. The van der Waals surface area contributed by atoms with Gasteiger partial charge in [0, 0.05) is 13.1 Å². The van der Waals surface area contributed by atoms with Crippen LogP contribution in [0, 0.1) is 0 Å². The minimum absolute atomic E-state index is 0.364. The van der Waals surface area contributed by atoms with Crippen LogP contribution in [0.1, 0.15) is 23.7 Å². The van der Waals surface area contributed by atoms with Crippen molar-refractivity contribution in [3.63, 3.8) is 0 Å². The zero-order valence-electron chi connectivity index (χ0n) is 12.0. The van der Waals surface area contributed by atoms with Gasteiger partial charge in [0.05, 0.1) is 24.0 Å². The van der Waals surface area contributed by atoms with E-state index in [-0.39, 0.29) is 0 Å². The molecule has 1 atom stereocenters. The van der Waals surface area contributed by atoms with Crippen molar-refractivity contribution in [1.29, 1.82) is 0 Å². The number of carbonyl (C=O) groups excluding carboxylic acids is 1. The lowest BCUT2D eigenvalue weighted by Gasteiger charge is -2.28. The highest BCUT2D eigenvalue weighted by Crippen LogP contribution is 2.28. The molecule has 1 unspecified atom stereocenters. The monoisotopic (exact) mass is 282 g/mol. The fourth-order valence-corrected chi connectivity index (χ4v) is 2.44. The van der Waals surface area contributed by atoms with Crippen LogP contribution in [0.3, 0.4) is 0 Å². The van der Waals surface area contributed by atoms with E-state index < -0.39 is 5.97 Å². The number of hydrogen-bond donors (Lipinski definition) is 1. The number of rotatable bonds is 6. The minimum atomic E-state index is -0.399. The molecule has 19 heavy (non-hydrogen) atoms. The zero-order chi connectivity index (χ0) is 14.4. The lowest BCUT2D eigenvalue weighted by atomic mass is 10.1. The van der Waals surface area contributed by atoms with Crippen LogP contribution in [0.15, 0.2) is 18.2 Å². The van der Waals surface area contributed by atoms with Crippen molar-refractivity contribution in [2.75, 3.05) is 36.8 Å². The summed E-state index contributed by atoms with van der Waals surface area (Å²) >= 11 is 1.83. The van der Waals surface area contributed by atoms with Crippen molar-refractivity contribution in [3.8, 4) is 0 Å². The molecule has 0 spiro atoms. The van der Waals surface area contributed by atoms with Crippen LogP contribution in [-0.2, 0) is 4.74 Å². The summed E-state index contributed by atoms with van der Waals surface area (Å²) in [4.78, 5) is 13.7. The summed E-state index contributed by atoms with van der Waals surface area (Å²) in [5.74, 6) is 0.701. The van der Waals surface area contributed by atoms with E-state index in [0.29, 0.717) is 17.3 Å². The van der Waals surface area contributed by atoms with Gasteiger partial charge in [0.1, 0.15) is 0 Å². The number of anilines is 2. The number of nitrogen functional groups attached to an aromatic ring is 1. The largest absolute Gasteiger partial charge is 0.465 e. The van der Waals surface area contributed by atoms with Gasteiger partial charge in [-0.25, -0.2) is 4.79 Å². The number of hydrogen-bond acceptors (Lipinski definition) is 5. The van der Waals surface area contributed by atoms with Gasteiger partial charge in [-0.15, -0.1) is 0 Å². The van der Waals surface area contributed by atoms with Crippen LogP contribution in [0.4, 0.5) is 11.4 Å².